The number of carbonyl (C=O) groups is 1. The van der Waals surface area contributed by atoms with E-state index in [1.807, 2.05) is 41.1 Å². The number of carbonyl (C=O) groups excluding carboxylic acids is 1. The maximum Gasteiger partial charge on any atom is 0.253 e. The van der Waals surface area contributed by atoms with Crippen LogP contribution in [-0.2, 0) is 6.42 Å². The number of fused-ring (bicyclic) bond motifs is 2. The van der Waals surface area contributed by atoms with Gasteiger partial charge >= 0.3 is 0 Å². The topological polar surface area (TPSA) is 33.5 Å². The van der Waals surface area contributed by atoms with Crippen LogP contribution in [0.5, 0.6) is 0 Å². The Morgan fingerprint density at radius 3 is 2.91 bits per heavy atom. The number of amides is 1. The normalized spacial score (nSPS) is 17.2. The van der Waals surface area contributed by atoms with Gasteiger partial charge in [-0.05, 0) is 48.6 Å². The molecule has 0 saturated carbocycles. The van der Waals surface area contributed by atoms with Crippen LogP contribution in [0.3, 0.4) is 0 Å². The molecule has 1 atom stereocenters. The predicted octanol–water partition coefficient (Wildman–Crippen LogP) is 3.75. The first kappa shape index (κ1) is 13.1. The fourth-order valence-electron chi connectivity index (χ4n) is 3.32. The van der Waals surface area contributed by atoms with Crippen molar-refractivity contribution in [1.29, 1.82) is 0 Å². The third-order valence-corrected chi connectivity index (χ3v) is 4.44. The molecule has 3 heteroatoms. The summed E-state index contributed by atoms with van der Waals surface area (Å²) >= 11 is 0. The fourth-order valence-corrected chi connectivity index (χ4v) is 3.32. The standard InChI is InChI=1S/C19H18N2O/c22-19(15-12-16-8-3-4-11-21(16)13-15)20-18-10-5-7-14-6-1-2-9-17(14)18/h1-4,6,8-9,11-13,18H,5,7,10H2,(H,20,22). The van der Waals surface area contributed by atoms with Crippen molar-refractivity contribution < 1.29 is 4.79 Å². The van der Waals surface area contributed by atoms with E-state index < -0.39 is 0 Å². The minimum atomic E-state index is 0.00500. The van der Waals surface area contributed by atoms with E-state index in [1.165, 1.54) is 11.1 Å². The molecule has 1 amide bonds. The zero-order chi connectivity index (χ0) is 14.9. The van der Waals surface area contributed by atoms with Gasteiger partial charge in [0.25, 0.3) is 5.91 Å². The lowest BCUT2D eigenvalue weighted by Gasteiger charge is -2.26. The molecule has 2 heterocycles. The molecule has 0 bridgehead atoms. The monoisotopic (exact) mass is 290 g/mol. The maximum atomic E-state index is 12.6. The Morgan fingerprint density at radius 2 is 2.00 bits per heavy atom. The third-order valence-electron chi connectivity index (χ3n) is 4.44. The molecule has 3 aromatic rings. The molecule has 0 spiro atoms. The lowest BCUT2D eigenvalue weighted by molar-refractivity contribution is 0.0933. The van der Waals surface area contributed by atoms with Gasteiger partial charge in [-0.2, -0.15) is 0 Å². The Morgan fingerprint density at radius 1 is 1.14 bits per heavy atom. The summed E-state index contributed by atoms with van der Waals surface area (Å²) in [5.41, 5.74) is 4.39. The number of hydrogen-bond acceptors (Lipinski definition) is 1. The Hall–Kier alpha value is -2.55. The average molecular weight is 290 g/mol. The molecule has 0 radical (unpaired) electrons. The van der Waals surface area contributed by atoms with Gasteiger partial charge in [-0.3, -0.25) is 4.79 Å². The summed E-state index contributed by atoms with van der Waals surface area (Å²) in [6.45, 7) is 0. The van der Waals surface area contributed by atoms with Gasteiger partial charge in [-0.15, -0.1) is 0 Å². The first-order chi connectivity index (χ1) is 10.8. The fraction of sp³-hybridized carbons (Fsp3) is 0.211. The molecule has 110 valence electrons. The van der Waals surface area contributed by atoms with Crippen LogP contribution < -0.4 is 5.32 Å². The molecule has 1 aliphatic carbocycles. The summed E-state index contributed by atoms with van der Waals surface area (Å²) in [6, 6.07) is 16.4. The maximum absolute atomic E-state index is 12.6. The van der Waals surface area contributed by atoms with Crippen LogP contribution in [0.1, 0.15) is 40.4 Å². The molecule has 2 aromatic heterocycles. The van der Waals surface area contributed by atoms with Crippen molar-refractivity contribution in [1.82, 2.24) is 9.72 Å². The van der Waals surface area contributed by atoms with Gasteiger partial charge in [0.15, 0.2) is 0 Å². The van der Waals surface area contributed by atoms with Crippen LogP contribution in [-0.4, -0.2) is 10.3 Å². The Bertz CT molecular complexity index is 801. The molecule has 4 rings (SSSR count). The lowest BCUT2D eigenvalue weighted by Crippen LogP contribution is -2.30. The van der Waals surface area contributed by atoms with Gasteiger partial charge < -0.3 is 9.72 Å². The average Bonchev–Trinajstić information content (AvgIpc) is 2.99. The number of benzene rings is 1. The highest BCUT2D eigenvalue weighted by atomic mass is 16.1. The Kier molecular flexibility index (Phi) is 3.19. The van der Waals surface area contributed by atoms with Crippen LogP contribution in [0.2, 0.25) is 0 Å². The van der Waals surface area contributed by atoms with Crippen LogP contribution in [0, 0.1) is 0 Å². The summed E-state index contributed by atoms with van der Waals surface area (Å²) < 4.78 is 1.98. The predicted molar refractivity (Wildman–Crippen MR) is 87.0 cm³/mol. The number of nitrogens with one attached hydrogen (secondary N) is 1. The summed E-state index contributed by atoms with van der Waals surface area (Å²) in [5, 5.41) is 3.20. The van der Waals surface area contributed by atoms with E-state index in [-0.39, 0.29) is 11.9 Å². The highest BCUT2D eigenvalue weighted by Crippen LogP contribution is 2.29. The van der Waals surface area contributed by atoms with Crippen molar-refractivity contribution in [2.24, 2.45) is 0 Å². The van der Waals surface area contributed by atoms with E-state index in [1.54, 1.807) is 0 Å². The minimum absolute atomic E-state index is 0.00500. The number of rotatable bonds is 2. The number of aryl methyl sites for hydroxylation is 1. The molecule has 0 saturated heterocycles. The second-order valence-electron chi connectivity index (χ2n) is 5.88. The van der Waals surface area contributed by atoms with E-state index in [9.17, 15) is 4.79 Å². The molecule has 22 heavy (non-hydrogen) atoms. The number of nitrogens with zero attached hydrogens (tertiary/aromatic N) is 1. The SMILES string of the molecule is O=C(NC1CCCc2ccccc21)c1cc2ccccn2c1. The quantitative estimate of drug-likeness (QED) is 0.766. The molecule has 1 N–H and O–H groups in total. The van der Waals surface area contributed by atoms with Gasteiger partial charge in [0.2, 0.25) is 0 Å². The highest BCUT2D eigenvalue weighted by molar-refractivity contribution is 5.95. The van der Waals surface area contributed by atoms with Gasteiger partial charge in [0.1, 0.15) is 0 Å². The van der Waals surface area contributed by atoms with Crippen molar-refractivity contribution in [3.8, 4) is 0 Å². The third kappa shape index (κ3) is 2.29. The second-order valence-corrected chi connectivity index (χ2v) is 5.88. The largest absolute Gasteiger partial charge is 0.345 e. The van der Waals surface area contributed by atoms with Gasteiger partial charge in [0, 0.05) is 17.9 Å². The molecule has 1 unspecified atom stereocenters. The molecular weight excluding hydrogens is 272 g/mol. The van der Waals surface area contributed by atoms with Crippen LogP contribution in [0.15, 0.2) is 60.9 Å². The second kappa shape index (κ2) is 5.34. The van der Waals surface area contributed by atoms with Crippen LogP contribution >= 0.6 is 0 Å². The zero-order valence-corrected chi connectivity index (χ0v) is 12.3. The minimum Gasteiger partial charge on any atom is -0.345 e. The smallest absolute Gasteiger partial charge is 0.253 e. The van der Waals surface area contributed by atoms with Crippen molar-refractivity contribution >= 4 is 11.4 Å². The van der Waals surface area contributed by atoms with Crippen molar-refractivity contribution in [3.63, 3.8) is 0 Å². The van der Waals surface area contributed by atoms with E-state index in [0.717, 1.165) is 24.8 Å². The van der Waals surface area contributed by atoms with E-state index in [2.05, 4.69) is 29.6 Å². The van der Waals surface area contributed by atoms with E-state index in [4.69, 9.17) is 0 Å². The molecule has 3 nitrogen and oxygen atoms in total. The molecule has 1 aliphatic rings. The number of pyridine rings is 1. The zero-order valence-electron chi connectivity index (χ0n) is 12.3. The molecule has 0 fully saturated rings. The highest BCUT2D eigenvalue weighted by Gasteiger charge is 2.22. The van der Waals surface area contributed by atoms with Gasteiger partial charge in [0.05, 0.1) is 11.6 Å². The Balaban J connectivity index is 1.60. The Labute approximate surface area is 129 Å². The summed E-state index contributed by atoms with van der Waals surface area (Å²) in [4.78, 5) is 12.6. The van der Waals surface area contributed by atoms with Crippen molar-refractivity contribution in [3.05, 3.63) is 77.6 Å². The van der Waals surface area contributed by atoms with Crippen molar-refractivity contribution in [2.75, 3.05) is 0 Å². The number of hydrogen-bond donors (Lipinski definition) is 1. The van der Waals surface area contributed by atoms with E-state index in [0.29, 0.717) is 5.56 Å². The van der Waals surface area contributed by atoms with Crippen LogP contribution in [0.25, 0.3) is 5.52 Å². The van der Waals surface area contributed by atoms with Gasteiger partial charge in [-0.1, -0.05) is 30.3 Å². The van der Waals surface area contributed by atoms with Crippen LogP contribution in [0.4, 0.5) is 0 Å². The van der Waals surface area contributed by atoms with Crippen molar-refractivity contribution in [2.45, 2.75) is 25.3 Å². The molecule has 1 aromatic carbocycles. The lowest BCUT2D eigenvalue weighted by atomic mass is 9.87. The molecular formula is C19H18N2O. The first-order valence-electron chi connectivity index (χ1n) is 7.77. The summed E-state index contributed by atoms with van der Waals surface area (Å²) in [5.74, 6) is 0.00500. The molecule has 0 aliphatic heterocycles. The summed E-state index contributed by atoms with van der Waals surface area (Å²) in [7, 11) is 0. The van der Waals surface area contributed by atoms with E-state index >= 15 is 0 Å². The first-order valence-corrected chi connectivity index (χ1v) is 7.77. The summed E-state index contributed by atoms with van der Waals surface area (Å²) in [6.07, 6.45) is 7.09. The number of aromatic nitrogens is 1. The van der Waals surface area contributed by atoms with Gasteiger partial charge in [-0.25, -0.2) is 0 Å².